The minimum absolute atomic E-state index is 0.00227. The summed E-state index contributed by atoms with van der Waals surface area (Å²) in [6, 6.07) is 13.0. The molecule has 7 nitrogen and oxygen atoms in total. The van der Waals surface area contributed by atoms with Gasteiger partial charge in [0, 0.05) is 16.7 Å². The molecule has 0 spiro atoms. The SMILES string of the molecule is COc1cc(/C=C2\SC(=O)N(Cc3cc4c(cc3Cl)OCO4)C2=O)cc(Br)c1OCc1ccccc1F. The number of ether oxygens (including phenoxy) is 4. The van der Waals surface area contributed by atoms with Crippen molar-refractivity contribution >= 4 is 56.5 Å². The molecular weight excluding hydrogens is 589 g/mol. The molecule has 2 amide bonds. The van der Waals surface area contributed by atoms with Gasteiger partial charge in [-0.05, 0) is 69.2 Å². The maximum Gasteiger partial charge on any atom is 0.293 e. The fraction of sp³-hybridized carbons (Fsp3) is 0.154. The van der Waals surface area contributed by atoms with E-state index in [0.717, 1.165) is 16.7 Å². The summed E-state index contributed by atoms with van der Waals surface area (Å²) < 4.78 is 36.5. The van der Waals surface area contributed by atoms with Crippen molar-refractivity contribution in [3.8, 4) is 23.0 Å². The number of thioether (sulfide) groups is 1. The van der Waals surface area contributed by atoms with Crippen LogP contribution in [0.2, 0.25) is 5.02 Å². The van der Waals surface area contributed by atoms with Crippen molar-refractivity contribution in [2.75, 3.05) is 13.9 Å². The second-order valence-electron chi connectivity index (χ2n) is 7.98. The molecular formula is C26H18BrClFNO6S. The molecule has 0 aromatic heterocycles. The summed E-state index contributed by atoms with van der Waals surface area (Å²) in [5, 5.41) is -0.0484. The van der Waals surface area contributed by atoms with E-state index in [4.69, 9.17) is 30.5 Å². The largest absolute Gasteiger partial charge is 0.493 e. The summed E-state index contributed by atoms with van der Waals surface area (Å²) in [6.07, 6.45) is 1.60. The van der Waals surface area contributed by atoms with Crippen LogP contribution < -0.4 is 18.9 Å². The van der Waals surface area contributed by atoms with Crippen molar-refractivity contribution in [1.82, 2.24) is 4.90 Å². The molecule has 11 heteroatoms. The smallest absolute Gasteiger partial charge is 0.293 e. The Hall–Kier alpha value is -3.21. The second kappa shape index (κ2) is 10.6. The number of rotatable bonds is 7. The van der Waals surface area contributed by atoms with Crippen LogP contribution in [0.25, 0.3) is 6.08 Å². The van der Waals surface area contributed by atoms with Gasteiger partial charge in [-0.25, -0.2) is 4.39 Å². The molecule has 3 aromatic rings. The third-order valence-electron chi connectivity index (χ3n) is 5.62. The average molecular weight is 607 g/mol. The molecule has 1 saturated heterocycles. The molecule has 2 heterocycles. The van der Waals surface area contributed by atoms with Crippen LogP contribution in [-0.4, -0.2) is 29.9 Å². The molecule has 0 radical (unpaired) electrons. The molecule has 0 N–H and O–H groups in total. The van der Waals surface area contributed by atoms with Crippen LogP contribution in [0, 0.1) is 5.82 Å². The average Bonchev–Trinajstić information content (AvgIpc) is 3.43. The number of methoxy groups -OCH3 is 1. The third kappa shape index (κ3) is 5.27. The molecule has 2 aliphatic rings. The molecule has 0 aliphatic carbocycles. The van der Waals surface area contributed by atoms with Crippen LogP contribution in [0.3, 0.4) is 0 Å². The van der Waals surface area contributed by atoms with Gasteiger partial charge in [0.1, 0.15) is 12.4 Å². The van der Waals surface area contributed by atoms with Crippen LogP contribution in [0.5, 0.6) is 23.0 Å². The Balaban J connectivity index is 1.35. The van der Waals surface area contributed by atoms with Crippen molar-refractivity contribution in [2.45, 2.75) is 13.2 Å². The number of hydrogen-bond acceptors (Lipinski definition) is 7. The highest BCUT2D eigenvalue weighted by molar-refractivity contribution is 9.10. The zero-order valence-corrected chi connectivity index (χ0v) is 22.4. The van der Waals surface area contributed by atoms with E-state index in [1.165, 1.54) is 13.2 Å². The first-order chi connectivity index (χ1) is 17.8. The van der Waals surface area contributed by atoms with Gasteiger partial charge < -0.3 is 18.9 Å². The predicted octanol–water partition coefficient (Wildman–Crippen LogP) is 6.79. The number of nitrogens with zero attached hydrogens (tertiary/aromatic N) is 1. The summed E-state index contributed by atoms with van der Waals surface area (Å²) in [4.78, 5) is 27.1. The van der Waals surface area contributed by atoms with Crippen LogP contribution in [0.4, 0.5) is 9.18 Å². The highest BCUT2D eigenvalue weighted by Gasteiger charge is 2.36. The Morgan fingerprint density at radius 3 is 2.65 bits per heavy atom. The summed E-state index contributed by atoms with van der Waals surface area (Å²) in [6.45, 7) is 0.0844. The summed E-state index contributed by atoms with van der Waals surface area (Å²) in [5.74, 6) is 0.974. The molecule has 0 unspecified atom stereocenters. The van der Waals surface area contributed by atoms with Gasteiger partial charge in [0.25, 0.3) is 11.1 Å². The lowest BCUT2D eigenvalue weighted by atomic mass is 10.1. The van der Waals surface area contributed by atoms with Gasteiger partial charge in [0.15, 0.2) is 23.0 Å². The number of carbonyl (C=O) groups excluding carboxylic acids is 2. The lowest BCUT2D eigenvalue weighted by molar-refractivity contribution is -0.123. The molecule has 37 heavy (non-hydrogen) atoms. The van der Waals surface area contributed by atoms with E-state index in [0.29, 0.717) is 49.2 Å². The second-order valence-corrected chi connectivity index (χ2v) is 10.2. The fourth-order valence-corrected chi connectivity index (χ4v) is 5.39. The first kappa shape index (κ1) is 25.4. The number of amides is 2. The van der Waals surface area contributed by atoms with Crippen LogP contribution in [-0.2, 0) is 17.9 Å². The van der Waals surface area contributed by atoms with Gasteiger partial charge in [0.05, 0.1) is 23.0 Å². The van der Waals surface area contributed by atoms with E-state index in [2.05, 4.69) is 15.9 Å². The van der Waals surface area contributed by atoms with Crippen molar-refractivity contribution in [3.63, 3.8) is 0 Å². The van der Waals surface area contributed by atoms with E-state index in [1.807, 2.05) is 0 Å². The number of fused-ring (bicyclic) bond motifs is 1. The van der Waals surface area contributed by atoms with Crippen molar-refractivity contribution < 1.29 is 32.9 Å². The quantitative estimate of drug-likeness (QED) is 0.274. The van der Waals surface area contributed by atoms with E-state index in [9.17, 15) is 14.0 Å². The third-order valence-corrected chi connectivity index (χ3v) is 7.47. The van der Waals surface area contributed by atoms with Gasteiger partial charge in [-0.15, -0.1) is 0 Å². The molecule has 3 aromatic carbocycles. The fourth-order valence-electron chi connectivity index (χ4n) is 3.77. The molecule has 190 valence electrons. The Labute approximate surface area is 229 Å². The van der Waals surface area contributed by atoms with Crippen LogP contribution >= 0.6 is 39.3 Å². The monoisotopic (exact) mass is 605 g/mol. The number of halogens is 3. The standard InChI is InChI=1S/C26H18BrClFNO6S/c1-33-22-7-14(6-17(27)24(22)34-12-15-4-2-3-5-19(15)29)8-23-25(31)30(26(32)37-23)11-16-9-20-21(10-18(16)28)36-13-35-20/h2-10H,11-13H2,1H3/b23-8-. The van der Waals surface area contributed by atoms with Gasteiger partial charge >= 0.3 is 0 Å². The minimum atomic E-state index is -0.446. The van der Waals surface area contributed by atoms with E-state index in [-0.39, 0.29) is 30.7 Å². The normalized spacial score (nSPS) is 15.6. The summed E-state index contributed by atoms with van der Waals surface area (Å²) >= 11 is 10.6. The van der Waals surface area contributed by atoms with Crippen molar-refractivity contribution in [3.05, 3.63) is 85.4 Å². The van der Waals surface area contributed by atoms with Crippen molar-refractivity contribution in [1.29, 1.82) is 0 Å². The first-order valence-electron chi connectivity index (χ1n) is 10.9. The van der Waals surface area contributed by atoms with E-state index >= 15 is 0 Å². The summed E-state index contributed by atoms with van der Waals surface area (Å²) in [7, 11) is 1.48. The van der Waals surface area contributed by atoms with Crippen LogP contribution in [0.15, 0.2) is 57.9 Å². The van der Waals surface area contributed by atoms with E-state index < -0.39 is 11.1 Å². The van der Waals surface area contributed by atoms with E-state index in [1.54, 1.807) is 48.5 Å². The lowest BCUT2D eigenvalue weighted by Gasteiger charge is -2.15. The van der Waals surface area contributed by atoms with Gasteiger partial charge in [-0.2, -0.15) is 0 Å². The van der Waals surface area contributed by atoms with Crippen LogP contribution in [0.1, 0.15) is 16.7 Å². The highest BCUT2D eigenvalue weighted by Crippen LogP contribution is 2.41. The van der Waals surface area contributed by atoms with Gasteiger partial charge in [-0.3, -0.25) is 14.5 Å². The Morgan fingerprint density at radius 1 is 1.14 bits per heavy atom. The summed E-state index contributed by atoms with van der Waals surface area (Å²) in [5.41, 5.74) is 1.57. The molecule has 0 saturated carbocycles. The highest BCUT2D eigenvalue weighted by atomic mass is 79.9. The molecule has 0 atom stereocenters. The number of imide groups is 1. The molecule has 5 rings (SSSR count). The minimum Gasteiger partial charge on any atom is -0.493 e. The number of carbonyl (C=O) groups is 2. The van der Waals surface area contributed by atoms with Crippen molar-refractivity contribution in [2.24, 2.45) is 0 Å². The maximum atomic E-state index is 14.0. The Bertz CT molecular complexity index is 1450. The molecule has 1 fully saturated rings. The Morgan fingerprint density at radius 2 is 1.89 bits per heavy atom. The molecule has 2 aliphatic heterocycles. The topological polar surface area (TPSA) is 74.3 Å². The molecule has 0 bridgehead atoms. The number of benzene rings is 3. The van der Waals surface area contributed by atoms with Gasteiger partial charge in [-0.1, -0.05) is 29.8 Å². The zero-order chi connectivity index (χ0) is 26.1. The predicted molar refractivity (Wildman–Crippen MR) is 141 cm³/mol. The Kier molecular flexibility index (Phi) is 7.32. The zero-order valence-electron chi connectivity index (χ0n) is 19.3. The van der Waals surface area contributed by atoms with Gasteiger partial charge in [0.2, 0.25) is 6.79 Å². The number of hydrogen-bond donors (Lipinski definition) is 0. The maximum absolute atomic E-state index is 14.0. The lowest BCUT2D eigenvalue weighted by Crippen LogP contribution is -2.27. The first-order valence-corrected chi connectivity index (χ1v) is 12.9.